The van der Waals surface area contributed by atoms with Gasteiger partial charge >= 0.3 is 5.69 Å². The molecule has 2 atom stereocenters. The quantitative estimate of drug-likeness (QED) is 0.682. The van der Waals surface area contributed by atoms with E-state index in [4.69, 9.17) is 32.7 Å². The molecule has 0 saturated carbocycles. The van der Waals surface area contributed by atoms with Crippen molar-refractivity contribution < 1.29 is 14.4 Å². The normalized spacial score (nSPS) is 22.6. The van der Waals surface area contributed by atoms with Crippen molar-refractivity contribution in [3.8, 4) is 5.75 Å². The maximum atomic E-state index is 11.0. The van der Waals surface area contributed by atoms with Crippen LogP contribution in [0.15, 0.2) is 12.1 Å². The fraction of sp³-hybridized carbons (Fsp3) is 0.500. The minimum absolute atomic E-state index is 0.0844. The fourth-order valence-electron chi connectivity index (χ4n) is 1.93. The van der Waals surface area contributed by atoms with E-state index in [9.17, 15) is 10.1 Å². The highest BCUT2D eigenvalue weighted by molar-refractivity contribution is 6.42. The molecule has 1 saturated heterocycles. The molecule has 1 aliphatic rings. The molecule has 0 spiro atoms. The van der Waals surface area contributed by atoms with Crippen molar-refractivity contribution in [1.82, 2.24) is 5.32 Å². The molecule has 0 radical (unpaired) electrons. The lowest BCUT2D eigenvalue weighted by atomic mass is 10.2. The zero-order valence-electron chi connectivity index (χ0n) is 10.8. The van der Waals surface area contributed by atoms with E-state index < -0.39 is 4.92 Å². The largest absolute Gasteiger partial charge is 0.484 e. The standard InChI is InChI=1S/C12H14Cl2N2O4/c1-7-4-15-5-8(20-7)6-19-12-3-10(14)9(13)2-11(12)16(17)18/h2-3,7-8,15H,4-6H2,1H3. The first-order valence-corrected chi connectivity index (χ1v) is 6.85. The topological polar surface area (TPSA) is 73.6 Å². The van der Waals surface area contributed by atoms with Gasteiger partial charge in [-0.15, -0.1) is 0 Å². The third-order valence-electron chi connectivity index (χ3n) is 2.85. The summed E-state index contributed by atoms with van der Waals surface area (Å²) in [6.07, 6.45) is -0.0750. The summed E-state index contributed by atoms with van der Waals surface area (Å²) in [4.78, 5) is 10.4. The van der Waals surface area contributed by atoms with Gasteiger partial charge in [0, 0.05) is 25.2 Å². The molecule has 0 bridgehead atoms. The van der Waals surface area contributed by atoms with Crippen LogP contribution in [0.1, 0.15) is 6.92 Å². The maximum Gasteiger partial charge on any atom is 0.312 e. The number of nitrogens with zero attached hydrogens (tertiary/aromatic N) is 1. The van der Waals surface area contributed by atoms with E-state index in [1.165, 1.54) is 12.1 Å². The van der Waals surface area contributed by atoms with Crippen molar-refractivity contribution in [1.29, 1.82) is 0 Å². The van der Waals surface area contributed by atoms with E-state index in [1.807, 2.05) is 6.92 Å². The van der Waals surface area contributed by atoms with E-state index in [0.29, 0.717) is 6.54 Å². The molecule has 1 heterocycles. The van der Waals surface area contributed by atoms with Crippen LogP contribution in [0.25, 0.3) is 0 Å². The fourth-order valence-corrected chi connectivity index (χ4v) is 2.24. The van der Waals surface area contributed by atoms with Gasteiger partial charge in [-0.2, -0.15) is 0 Å². The molecular weight excluding hydrogens is 307 g/mol. The first-order chi connectivity index (χ1) is 9.47. The number of nitro benzene ring substituents is 1. The van der Waals surface area contributed by atoms with Crippen molar-refractivity contribution >= 4 is 28.9 Å². The van der Waals surface area contributed by atoms with E-state index >= 15 is 0 Å². The van der Waals surface area contributed by atoms with Crippen LogP contribution in [0.3, 0.4) is 0 Å². The lowest BCUT2D eigenvalue weighted by Crippen LogP contribution is -2.45. The third kappa shape index (κ3) is 3.73. The highest BCUT2D eigenvalue weighted by Crippen LogP contribution is 2.35. The summed E-state index contributed by atoms with van der Waals surface area (Å²) in [5, 5.41) is 14.5. The van der Waals surface area contributed by atoms with E-state index in [2.05, 4.69) is 5.32 Å². The molecule has 0 aromatic heterocycles. The molecule has 1 aromatic rings. The van der Waals surface area contributed by atoms with Gasteiger partial charge in [-0.1, -0.05) is 23.2 Å². The number of hydrogen-bond acceptors (Lipinski definition) is 5. The van der Waals surface area contributed by atoms with Crippen LogP contribution in [-0.4, -0.2) is 36.8 Å². The van der Waals surface area contributed by atoms with E-state index in [0.717, 1.165) is 6.54 Å². The van der Waals surface area contributed by atoms with Crippen LogP contribution in [0.4, 0.5) is 5.69 Å². The smallest absolute Gasteiger partial charge is 0.312 e. The summed E-state index contributed by atoms with van der Waals surface area (Å²) in [5.41, 5.74) is -0.212. The Labute approximate surface area is 126 Å². The Morgan fingerprint density at radius 3 is 2.80 bits per heavy atom. The van der Waals surface area contributed by atoms with Crippen molar-refractivity contribution in [3.05, 3.63) is 32.3 Å². The first kappa shape index (κ1) is 15.3. The summed E-state index contributed by atoms with van der Waals surface area (Å²) >= 11 is 11.6. The zero-order chi connectivity index (χ0) is 14.7. The predicted molar refractivity (Wildman–Crippen MR) is 75.8 cm³/mol. The summed E-state index contributed by atoms with van der Waals surface area (Å²) in [6.45, 7) is 3.57. The number of morpholine rings is 1. The number of benzene rings is 1. The van der Waals surface area contributed by atoms with Gasteiger partial charge in [0.2, 0.25) is 0 Å². The Balaban J connectivity index is 2.08. The molecule has 1 aliphatic heterocycles. The monoisotopic (exact) mass is 320 g/mol. The summed E-state index contributed by atoms with van der Waals surface area (Å²) in [5.74, 6) is 0.0891. The molecule has 2 unspecified atom stereocenters. The zero-order valence-corrected chi connectivity index (χ0v) is 12.3. The number of nitro groups is 1. The van der Waals surface area contributed by atoms with Crippen LogP contribution < -0.4 is 10.1 Å². The van der Waals surface area contributed by atoms with Crippen molar-refractivity contribution in [3.63, 3.8) is 0 Å². The van der Waals surface area contributed by atoms with Gasteiger partial charge in [0.15, 0.2) is 5.75 Å². The predicted octanol–water partition coefficient (Wildman–Crippen LogP) is 2.66. The number of hydrogen-bond donors (Lipinski definition) is 1. The molecule has 2 rings (SSSR count). The number of rotatable bonds is 4. The molecular formula is C12H14Cl2N2O4. The number of halogens is 2. The van der Waals surface area contributed by atoms with Crippen molar-refractivity contribution in [2.45, 2.75) is 19.1 Å². The van der Waals surface area contributed by atoms with E-state index in [-0.39, 0.29) is 40.3 Å². The molecule has 20 heavy (non-hydrogen) atoms. The lowest BCUT2D eigenvalue weighted by molar-refractivity contribution is -0.385. The second kappa shape index (κ2) is 6.58. The van der Waals surface area contributed by atoms with Crippen molar-refractivity contribution in [2.24, 2.45) is 0 Å². The molecule has 1 aromatic carbocycles. The molecule has 0 aliphatic carbocycles. The molecule has 6 nitrogen and oxygen atoms in total. The van der Waals surface area contributed by atoms with E-state index in [1.54, 1.807) is 0 Å². The van der Waals surface area contributed by atoms with Gasteiger partial charge in [-0.05, 0) is 6.92 Å². The van der Waals surface area contributed by atoms with Crippen LogP contribution in [-0.2, 0) is 4.74 Å². The van der Waals surface area contributed by atoms with Crippen LogP contribution >= 0.6 is 23.2 Å². The van der Waals surface area contributed by atoms with Gasteiger partial charge in [0.25, 0.3) is 0 Å². The van der Waals surface area contributed by atoms with Crippen LogP contribution in [0.2, 0.25) is 10.0 Å². The second-order valence-corrected chi connectivity index (χ2v) is 5.34. The maximum absolute atomic E-state index is 11.0. The minimum atomic E-state index is -0.555. The van der Waals surface area contributed by atoms with Gasteiger partial charge in [-0.25, -0.2) is 0 Å². The Kier molecular flexibility index (Phi) is 5.04. The van der Waals surface area contributed by atoms with Gasteiger partial charge in [0.05, 0.1) is 21.1 Å². The van der Waals surface area contributed by atoms with Gasteiger partial charge < -0.3 is 14.8 Å². The molecule has 1 N–H and O–H groups in total. The second-order valence-electron chi connectivity index (χ2n) is 4.53. The SMILES string of the molecule is CC1CNCC(COc2cc(Cl)c(Cl)cc2[N+](=O)[O-])O1. The first-order valence-electron chi connectivity index (χ1n) is 6.09. The van der Waals surface area contributed by atoms with Crippen LogP contribution in [0, 0.1) is 10.1 Å². The lowest BCUT2D eigenvalue weighted by Gasteiger charge is -2.28. The Bertz CT molecular complexity index is 512. The van der Waals surface area contributed by atoms with Crippen molar-refractivity contribution in [2.75, 3.05) is 19.7 Å². The number of ether oxygens (including phenoxy) is 2. The number of nitrogens with one attached hydrogen (secondary N) is 1. The third-order valence-corrected chi connectivity index (χ3v) is 3.57. The molecule has 110 valence electrons. The molecule has 8 heteroatoms. The highest BCUT2D eigenvalue weighted by Gasteiger charge is 2.23. The average molecular weight is 321 g/mol. The van der Waals surface area contributed by atoms with Gasteiger partial charge in [-0.3, -0.25) is 10.1 Å². The molecule has 1 fully saturated rings. The summed E-state index contributed by atoms with van der Waals surface area (Å²) < 4.78 is 11.1. The van der Waals surface area contributed by atoms with Crippen LogP contribution in [0.5, 0.6) is 5.75 Å². The Morgan fingerprint density at radius 2 is 2.15 bits per heavy atom. The average Bonchev–Trinajstić information content (AvgIpc) is 2.39. The Hall–Kier alpha value is -1.08. The summed E-state index contributed by atoms with van der Waals surface area (Å²) in [6, 6.07) is 2.53. The summed E-state index contributed by atoms with van der Waals surface area (Å²) in [7, 11) is 0. The molecule has 0 amide bonds. The Morgan fingerprint density at radius 1 is 1.45 bits per heavy atom. The van der Waals surface area contributed by atoms with Gasteiger partial charge in [0.1, 0.15) is 12.7 Å². The minimum Gasteiger partial charge on any atom is -0.484 e. The highest BCUT2D eigenvalue weighted by atomic mass is 35.5.